The van der Waals surface area contributed by atoms with Gasteiger partial charge in [-0.3, -0.25) is 0 Å². The van der Waals surface area contributed by atoms with Crippen LogP contribution in [-0.4, -0.2) is 0 Å². The Bertz CT molecular complexity index is 572. The summed E-state index contributed by atoms with van der Waals surface area (Å²) in [5.41, 5.74) is 1.88. The van der Waals surface area contributed by atoms with E-state index in [-0.39, 0.29) is 0 Å². The quantitative estimate of drug-likeness (QED) is 0.701. The van der Waals surface area contributed by atoms with Crippen molar-refractivity contribution in [1.82, 2.24) is 0 Å². The Hall–Kier alpha value is -0.410. The van der Waals surface area contributed by atoms with E-state index in [2.05, 4.69) is 21.2 Å². The van der Waals surface area contributed by atoms with Crippen molar-refractivity contribution in [3.8, 4) is 0 Å². The number of hydrogen-bond donors (Lipinski definition) is 1. The SMILES string of the molecule is Clc1ccc(Cl)c(CNc2ccc(Br)c(Cl)c2)c1. The molecule has 0 radical (unpaired) electrons. The lowest BCUT2D eigenvalue weighted by atomic mass is 10.2. The van der Waals surface area contributed by atoms with E-state index in [1.54, 1.807) is 12.1 Å². The van der Waals surface area contributed by atoms with Gasteiger partial charge in [0.05, 0.1) is 5.02 Å². The predicted molar refractivity (Wildman–Crippen MR) is 82.9 cm³/mol. The van der Waals surface area contributed by atoms with Gasteiger partial charge in [-0.1, -0.05) is 34.8 Å². The number of hydrogen-bond acceptors (Lipinski definition) is 1. The summed E-state index contributed by atoms with van der Waals surface area (Å²) in [6.45, 7) is 0.595. The predicted octanol–water partition coefficient (Wildman–Crippen LogP) is 6.02. The summed E-state index contributed by atoms with van der Waals surface area (Å²) in [4.78, 5) is 0. The van der Waals surface area contributed by atoms with Crippen molar-refractivity contribution in [2.24, 2.45) is 0 Å². The van der Waals surface area contributed by atoms with Crippen LogP contribution in [-0.2, 0) is 6.54 Å². The highest BCUT2D eigenvalue weighted by molar-refractivity contribution is 9.10. The Kier molecular flexibility index (Phi) is 4.79. The summed E-state index contributed by atoms with van der Waals surface area (Å²) in [7, 11) is 0. The van der Waals surface area contributed by atoms with Crippen LogP contribution in [0.5, 0.6) is 0 Å². The summed E-state index contributed by atoms with van der Waals surface area (Å²) in [6, 6.07) is 11.1. The van der Waals surface area contributed by atoms with Crippen LogP contribution in [0.15, 0.2) is 40.9 Å². The van der Waals surface area contributed by atoms with Gasteiger partial charge in [0.2, 0.25) is 0 Å². The number of anilines is 1. The minimum atomic E-state index is 0.595. The molecule has 0 unspecified atom stereocenters. The zero-order valence-electron chi connectivity index (χ0n) is 9.18. The third-order valence-corrected chi connectivity index (χ3v) is 4.25. The summed E-state index contributed by atoms with van der Waals surface area (Å²) in [6.07, 6.45) is 0. The van der Waals surface area contributed by atoms with Crippen LogP contribution in [0.3, 0.4) is 0 Å². The molecule has 2 aromatic rings. The molecular formula is C13H9BrCl3N. The largest absolute Gasteiger partial charge is 0.381 e. The third kappa shape index (κ3) is 3.55. The van der Waals surface area contributed by atoms with E-state index in [1.807, 2.05) is 24.3 Å². The molecule has 2 aromatic carbocycles. The Morgan fingerprint density at radius 3 is 2.44 bits per heavy atom. The molecule has 18 heavy (non-hydrogen) atoms. The van der Waals surface area contributed by atoms with Crippen LogP contribution in [0.1, 0.15) is 5.56 Å². The van der Waals surface area contributed by atoms with Crippen LogP contribution < -0.4 is 5.32 Å². The number of nitrogens with one attached hydrogen (secondary N) is 1. The van der Waals surface area contributed by atoms with Crippen molar-refractivity contribution in [3.05, 3.63) is 61.5 Å². The second kappa shape index (κ2) is 6.16. The maximum absolute atomic E-state index is 6.09. The highest BCUT2D eigenvalue weighted by Gasteiger charge is 2.03. The van der Waals surface area contributed by atoms with E-state index in [9.17, 15) is 0 Å². The van der Waals surface area contributed by atoms with Crippen LogP contribution >= 0.6 is 50.7 Å². The second-order valence-corrected chi connectivity index (χ2v) is 5.82. The summed E-state index contributed by atoms with van der Waals surface area (Å²) < 4.78 is 0.871. The van der Waals surface area contributed by atoms with Crippen molar-refractivity contribution in [2.45, 2.75) is 6.54 Å². The molecule has 0 aliphatic carbocycles. The van der Waals surface area contributed by atoms with Crippen LogP contribution in [0.2, 0.25) is 15.1 Å². The van der Waals surface area contributed by atoms with Gasteiger partial charge in [0, 0.05) is 26.8 Å². The Morgan fingerprint density at radius 2 is 1.72 bits per heavy atom. The first-order valence-electron chi connectivity index (χ1n) is 5.19. The minimum absolute atomic E-state index is 0.595. The van der Waals surface area contributed by atoms with Crippen molar-refractivity contribution in [3.63, 3.8) is 0 Å². The van der Waals surface area contributed by atoms with E-state index in [1.165, 1.54) is 0 Å². The molecule has 2 rings (SSSR count). The molecule has 0 bridgehead atoms. The molecule has 94 valence electrons. The molecule has 0 aromatic heterocycles. The van der Waals surface area contributed by atoms with Crippen LogP contribution in [0.25, 0.3) is 0 Å². The molecule has 0 fully saturated rings. The molecule has 0 saturated heterocycles. The maximum atomic E-state index is 6.09. The summed E-state index contributed by atoms with van der Waals surface area (Å²) in [5.74, 6) is 0. The third-order valence-electron chi connectivity index (χ3n) is 2.41. The maximum Gasteiger partial charge on any atom is 0.0568 e. The Balaban J connectivity index is 2.11. The number of rotatable bonds is 3. The monoisotopic (exact) mass is 363 g/mol. The van der Waals surface area contributed by atoms with Gasteiger partial charge >= 0.3 is 0 Å². The van der Waals surface area contributed by atoms with Crippen molar-refractivity contribution < 1.29 is 0 Å². The average Bonchev–Trinajstić information content (AvgIpc) is 2.34. The zero-order chi connectivity index (χ0) is 13.1. The zero-order valence-corrected chi connectivity index (χ0v) is 13.0. The van der Waals surface area contributed by atoms with Gasteiger partial charge in [-0.15, -0.1) is 0 Å². The Labute approximate surface area is 129 Å². The summed E-state index contributed by atoms with van der Waals surface area (Å²) >= 11 is 21.4. The fourth-order valence-electron chi connectivity index (χ4n) is 1.48. The van der Waals surface area contributed by atoms with Gasteiger partial charge in [-0.25, -0.2) is 0 Å². The first-order chi connectivity index (χ1) is 8.56. The lowest BCUT2D eigenvalue weighted by Gasteiger charge is -2.09. The smallest absolute Gasteiger partial charge is 0.0568 e. The van der Waals surface area contributed by atoms with E-state index < -0.39 is 0 Å². The van der Waals surface area contributed by atoms with Crippen molar-refractivity contribution in [2.75, 3.05) is 5.32 Å². The summed E-state index contributed by atoms with van der Waals surface area (Å²) in [5, 5.41) is 5.27. The van der Waals surface area contributed by atoms with Crippen molar-refractivity contribution in [1.29, 1.82) is 0 Å². The van der Waals surface area contributed by atoms with Crippen molar-refractivity contribution >= 4 is 56.4 Å². The first-order valence-corrected chi connectivity index (χ1v) is 7.12. The van der Waals surface area contributed by atoms with E-state index >= 15 is 0 Å². The van der Waals surface area contributed by atoms with Gasteiger partial charge in [0.25, 0.3) is 0 Å². The molecule has 0 aliphatic heterocycles. The van der Waals surface area contributed by atoms with Gasteiger partial charge in [0.15, 0.2) is 0 Å². The van der Waals surface area contributed by atoms with Gasteiger partial charge in [0.1, 0.15) is 0 Å². The Morgan fingerprint density at radius 1 is 0.944 bits per heavy atom. The molecule has 0 heterocycles. The molecule has 0 atom stereocenters. The highest BCUT2D eigenvalue weighted by Crippen LogP contribution is 2.26. The van der Waals surface area contributed by atoms with E-state index in [0.29, 0.717) is 21.6 Å². The van der Waals surface area contributed by atoms with Gasteiger partial charge in [-0.05, 0) is 57.9 Å². The minimum Gasteiger partial charge on any atom is -0.381 e. The standard InChI is InChI=1S/C13H9BrCl3N/c14-11-3-2-10(6-13(11)17)18-7-8-5-9(15)1-4-12(8)16/h1-6,18H,7H2. The lowest BCUT2D eigenvalue weighted by molar-refractivity contribution is 1.15. The van der Waals surface area contributed by atoms with Crippen LogP contribution in [0, 0.1) is 0 Å². The fourth-order valence-corrected chi connectivity index (χ4v) is 2.29. The topological polar surface area (TPSA) is 12.0 Å². The first kappa shape index (κ1) is 14.0. The normalized spacial score (nSPS) is 10.4. The fraction of sp³-hybridized carbons (Fsp3) is 0.0769. The molecular weight excluding hydrogens is 356 g/mol. The molecule has 0 aliphatic rings. The van der Waals surface area contributed by atoms with E-state index in [0.717, 1.165) is 15.7 Å². The molecule has 0 spiro atoms. The van der Waals surface area contributed by atoms with Crippen LogP contribution in [0.4, 0.5) is 5.69 Å². The average molecular weight is 365 g/mol. The van der Waals surface area contributed by atoms with Gasteiger partial charge < -0.3 is 5.32 Å². The molecule has 1 nitrogen and oxygen atoms in total. The lowest BCUT2D eigenvalue weighted by Crippen LogP contribution is -2.00. The number of halogens is 4. The molecule has 0 amide bonds. The second-order valence-electron chi connectivity index (χ2n) is 3.72. The molecule has 5 heteroatoms. The number of benzene rings is 2. The van der Waals surface area contributed by atoms with Gasteiger partial charge in [-0.2, -0.15) is 0 Å². The molecule has 1 N–H and O–H groups in total. The molecule has 0 saturated carbocycles. The highest BCUT2D eigenvalue weighted by atomic mass is 79.9. The van der Waals surface area contributed by atoms with E-state index in [4.69, 9.17) is 34.8 Å².